The third kappa shape index (κ3) is 6.26. The molecule has 1 aromatic heterocycles. The topological polar surface area (TPSA) is 112 Å². The van der Waals surface area contributed by atoms with E-state index in [0.29, 0.717) is 49.0 Å². The first-order valence-corrected chi connectivity index (χ1v) is 16.3. The Morgan fingerprint density at radius 1 is 1.09 bits per heavy atom. The van der Waals surface area contributed by atoms with E-state index < -0.39 is 12.0 Å². The molecular weight excluding hydrogens is 808 g/mol. The van der Waals surface area contributed by atoms with Crippen LogP contribution in [0.2, 0.25) is 0 Å². The number of hydrogen-bond donors (Lipinski definition) is 0. The van der Waals surface area contributed by atoms with Crippen molar-refractivity contribution in [2.45, 2.75) is 13.0 Å². The summed E-state index contributed by atoms with van der Waals surface area (Å²) in [5.41, 5.74) is 2.27. The second-order valence-corrected chi connectivity index (χ2v) is 12.7. The summed E-state index contributed by atoms with van der Waals surface area (Å²) in [6, 6.07) is 19.6. The summed E-state index contributed by atoms with van der Waals surface area (Å²) in [5, 5.41) is 9.13. The second kappa shape index (κ2) is 14.0. The van der Waals surface area contributed by atoms with Gasteiger partial charge in [-0.25, -0.2) is 9.79 Å². The average molecular weight is 833 g/mol. The number of fused-ring (bicyclic) bond motifs is 1. The fraction of sp³-hybridized carbons (Fsp3) is 0.188. The molecule has 1 aliphatic heterocycles. The molecule has 0 aliphatic carbocycles. The minimum absolute atomic E-state index is 0.138. The minimum Gasteiger partial charge on any atom is -0.493 e. The number of thiazole rings is 1. The van der Waals surface area contributed by atoms with Gasteiger partial charge in [0.05, 0.1) is 46.2 Å². The predicted octanol–water partition coefficient (Wildman–Crippen LogP) is 5.06. The van der Waals surface area contributed by atoms with Crippen molar-refractivity contribution >= 4 is 74.3 Å². The molecule has 5 rings (SSSR count). The molecule has 0 unspecified atom stereocenters. The van der Waals surface area contributed by atoms with E-state index in [1.165, 1.54) is 23.0 Å². The first-order chi connectivity index (χ1) is 21.3. The van der Waals surface area contributed by atoms with Crippen LogP contribution in [-0.2, 0) is 9.53 Å². The van der Waals surface area contributed by atoms with Crippen molar-refractivity contribution < 1.29 is 23.7 Å². The molecule has 9 nitrogen and oxygen atoms in total. The Morgan fingerprint density at radius 2 is 1.84 bits per heavy atom. The number of carbonyl (C=O) groups excluding carboxylic acids is 1. The lowest BCUT2D eigenvalue weighted by molar-refractivity contribution is -0.138. The van der Waals surface area contributed by atoms with Crippen molar-refractivity contribution in [2.75, 3.05) is 27.4 Å². The van der Waals surface area contributed by atoms with Gasteiger partial charge in [-0.2, -0.15) is 5.26 Å². The molecule has 3 aromatic carbocycles. The van der Waals surface area contributed by atoms with Crippen LogP contribution in [0.3, 0.4) is 0 Å². The molecular formula is C32H25I2N3O6S. The number of ether oxygens (including phenoxy) is 4. The van der Waals surface area contributed by atoms with Gasteiger partial charge in [0.25, 0.3) is 5.56 Å². The maximum atomic E-state index is 14.3. The zero-order valence-electron chi connectivity index (χ0n) is 23.8. The molecule has 0 amide bonds. The standard InChI is InChI=1S/C32H25I2N3O6S/c1-4-42-31(39)26-27(18-8-6-5-7-9-18)36-32-37(28(26)19-10-11-23(40-2)24(15-19)41-3)30(38)25(44-32)16-20-14-21(33)17-22(34)29(20)43-13-12-35/h5-11,14-17,28H,4,13H2,1-3H3/b25-16-/t28-/m0/s1. The van der Waals surface area contributed by atoms with Gasteiger partial charge in [0.2, 0.25) is 0 Å². The Hall–Kier alpha value is -3.68. The van der Waals surface area contributed by atoms with E-state index in [4.69, 9.17) is 29.2 Å². The molecule has 44 heavy (non-hydrogen) atoms. The van der Waals surface area contributed by atoms with Gasteiger partial charge in [-0.1, -0.05) is 47.7 Å². The molecule has 2 heterocycles. The van der Waals surface area contributed by atoms with Gasteiger partial charge in [0, 0.05) is 14.7 Å². The first kappa shape index (κ1) is 31.7. The van der Waals surface area contributed by atoms with Gasteiger partial charge >= 0.3 is 5.97 Å². The number of nitriles is 1. The fourth-order valence-electron chi connectivity index (χ4n) is 4.86. The van der Waals surface area contributed by atoms with Gasteiger partial charge in [0.15, 0.2) is 22.9 Å². The van der Waals surface area contributed by atoms with E-state index >= 15 is 0 Å². The van der Waals surface area contributed by atoms with Crippen LogP contribution in [0.1, 0.15) is 29.7 Å². The van der Waals surface area contributed by atoms with E-state index in [1.54, 1.807) is 38.3 Å². The highest BCUT2D eigenvalue weighted by atomic mass is 127. The molecule has 224 valence electrons. The molecule has 0 spiro atoms. The number of halogens is 2. The zero-order valence-corrected chi connectivity index (χ0v) is 28.9. The van der Waals surface area contributed by atoms with Gasteiger partial charge in [0.1, 0.15) is 11.8 Å². The highest BCUT2D eigenvalue weighted by Gasteiger charge is 2.35. The lowest BCUT2D eigenvalue weighted by atomic mass is 9.93. The zero-order chi connectivity index (χ0) is 31.4. The predicted molar refractivity (Wildman–Crippen MR) is 184 cm³/mol. The molecule has 0 bridgehead atoms. The van der Waals surface area contributed by atoms with E-state index in [9.17, 15) is 9.59 Å². The largest absolute Gasteiger partial charge is 0.493 e. The van der Waals surface area contributed by atoms with E-state index in [2.05, 4.69) is 45.2 Å². The first-order valence-electron chi connectivity index (χ1n) is 13.3. The fourth-order valence-corrected chi connectivity index (χ4v) is 7.90. The Morgan fingerprint density at radius 3 is 2.52 bits per heavy atom. The highest BCUT2D eigenvalue weighted by Crippen LogP contribution is 2.38. The maximum Gasteiger partial charge on any atom is 0.338 e. The van der Waals surface area contributed by atoms with E-state index in [-0.39, 0.29) is 24.3 Å². The van der Waals surface area contributed by atoms with Crippen LogP contribution in [0, 0.1) is 18.5 Å². The maximum absolute atomic E-state index is 14.3. The van der Waals surface area contributed by atoms with Crippen molar-refractivity contribution in [1.82, 2.24) is 4.57 Å². The van der Waals surface area contributed by atoms with Crippen LogP contribution in [0.15, 0.2) is 76.0 Å². The quantitative estimate of drug-likeness (QED) is 0.171. The molecule has 4 aromatic rings. The van der Waals surface area contributed by atoms with E-state index in [1.807, 2.05) is 48.5 Å². The monoisotopic (exact) mass is 833 g/mol. The second-order valence-electron chi connectivity index (χ2n) is 9.30. The molecule has 1 atom stereocenters. The van der Waals surface area contributed by atoms with Crippen molar-refractivity contribution in [3.8, 4) is 23.3 Å². The smallest absolute Gasteiger partial charge is 0.338 e. The molecule has 1 aliphatic rings. The van der Waals surface area contributed by atoms with Gasteiger partial charge < -0.3 is 18.9 Å². The number of methoxy groups -OCH3 is 2. The van der Waals surface area contributed by atoms with Crippen LogP contribution < -0.4 is 29.1 Å². The molecule has 0 saturated carbocycles. The summed E-state index contributed by atoms with van der Waals surface area (Å²) in [6.45, 7) is 1.74. The minimum atomic E-state index is -0.882. The summed E-state index contributed by atoms with van der Waals surface area (Å²) >= 11 is 5.55. The number of carbonyl (C=O) groups is 1. The van der Waals surface area contributed by atoms with Crippen LogP contribution in [0.4, 0.5) is 0 Å². The van der Waals surface area contributed by atoms with Crippen molar-refractivity contribution in [2.24, 2.45) is 4.99 Å². The lowest BCUT2D eigenvalue weighted by Gasteiger charge is -2.26. The summed E-state index contributed by atoms with van der Waals surface area (Å²) in [7, 11) is 3.07. The number of hydrogen-bond acceptors (Lipinski definition) is 9. The van der Waals surface area contributed by atoms with Gasteiger partial charge in [-0.05, 0) is 88.0 Å². The summed E-state index contributed by atoms with van der Waals surface area (Å²) in [6.07, 6.45) is 1.74. The molecule has 0 fully saturated rings. The molecule has 0 radical (unpaired) electrons. The number of esters is 1. The van der Waals surface area contributed by atoms with Crippen molar-refractivity contribution in [1.29, 1.82) is 5.26 Å². The van der Waals surface area contributed by atoms with Gasteiger partial charge in [-0.3, -0.25) is 9.36 Å². The third-order valence-corrected chi connectivity index (χ3v) is 9.11. The average Bonchev–Trinajstić information content (AvgIpc) is 3.34. The summed E-state index contributed by atoms with van der Waals surface area (Å²) in [4.78, 5) is 33.3. The number of benzene rings is 3. The van der Waals surface area contributed by atoms with Crippen LogP contribution in [0.5, 0.6) is 17.2 Å². The van der Waals surface area contributed by atoms with Crippen molar-refractivity contribution in [3.05, 3.63) is 110 Å². The Bertz CT molecular complexity index is 2000. The highest BCUT2D eigenvalue weighted by molar-refractivity contribution is 14.1. The Labute approximate surface area is 284 Å². The van der Waals surface area contributed by atoms with Gasteiger partial charge in [-0.15, -0.1) is 0 Å². The van der Waals surface area contributed by atoms with E-state index in [0.717, 1.165) is 7.14 Å². The summed E-state index contributed by atoms with van der Waals surface area (Å²) in [5.74, 6) is 0.878. The Balaban J connectivity index is 1.85. The normalized spacial score (nSPS) is 14.4. The molecule has 0 saturated heterocycles. The summed E-state index contributed by atoms with van der Waals surface area (Å²) < 4.78 is 26.0. The number of nitrogens with zero attached hydrogens (tertiary/aromatic N) is 3. The Kier molecular flexibility index (Phi) is 10.1. The molecule has 12 heteroatoms. The molecule has 0 N–H and O–H groups in total. The number of rotatable bonds is 9. The third-order valence-electron chi connectivity index (χ3n) is 6.70. The van der Waals surface area contributed by atoms with Crippen molar-refractivity contribution in [3.63, 3.8) is 0 Å². The SMILES string of the molecule is CCOC(=O)C1=C(c2ccccc2)N=c2s/c(=C\c3cc(I)cc(I)c3OCC#N)c(=O)n2[C@H]1c1ccc(OC)c(OC)c1. The number of aromatic nitrogens is 1. The van der Waals surface area contributed by atoms with Crippen LogP contribution >= 0.6 is 56.5 Å². The van der Waals surface area contributed by atoms with Crippen LogP contribution in [-0.4, -0.2) is 38.0 Å². The van der Waals surface area contributed by atoms with Crippen LogP contribution in [0.25, 0.3) is 11.8 Å². The lowest BCUT2D eigenvalue weighted by Crippen LogP contribution is -2.40.